The van der Waals surface area contributed by atoms with Gasteiger partial charge < -0.3 is 24.3 Å². The Morgan fingerprint density at radius 2 is 2.09 bits per heavy atom. The van der Waals surface area contributed by atoms with E-state index in [0.29, 0.717) is 48.2 Å². The van der Waals surface area contributed by atoms with Crippen molar-refractivity contribution in [2.24, 2.45) is 0 Å². The molecule has 3 heterocycles. The number of benzene rings is 1. The van der Waals surface area contributed by atoms with Gasteiger partial charge in [0.05, 0.1) is 11.8 Å². The van der Waals surface area contributed by atoms with Gasteiger partial charge in [0.2, 0.25) is 5.88 Å². The SMILES string of the molecule is CCCNC(=O)c1cn(COCC[Si](C)(C)C)c2ncc(Oc3ccc4cc[nH]c4c3)nc12. The standard InChI is InChI=1S/C24H31N5O3Si/c1-5-9-26-24(30)19-15-29(16-31-11-12-33(2,3)4)23-22(19)28-21(14-27-23)32-18-7-6-17-8-10-25-20(17)13-18/h6-8,10,13-15,25H,5,9,11-12,16H2,1-4H3,(H,26,30). The van der Waals surface area contributed by atoms with Gasteiger partial charge in [-0.1, -0.05) is 26.6 Å². The van der Waals surface area contributed by atoms with E-state index in [9.17, 15) is 4.79 Å². The molecule has 4 rings (SSSR count). The number of amides is 1. The predicted molar refractivity (Wildman–Crippen MR) is 133 cm³/mol. The molecule has 0 bridgehead atoms. The maximum absolute atomic E-state index is 12.8. The molecule has 33 heavy (non-hydrogen) atoms. The summed E-state index contributed by atoms with van der Waals surface area (Å²) in [5, 5.41) is 4.03. The van der Waals surface area contributed by atoms with Crippen LogP contribution in [0.3, 0.4) is 0 Å². The summed E-state index contributed by atoms with van der Waals surface area (Å²) in [7, 11) is -1.18. The van der Waals surface area contributed by atoms with Gasteiger partial charge in [-0.3, -0.25) is 4.79 Å². The number of rotatable bonds is 10. The van der Waals surface area contributed by atoms with E-state index in [1.807, 2.05) is 42.0 Å². The van der Waals surface area contributed by atoms with Crippen LogP contribution in [0.25, 0.3) is 22.1 Å². The number of hydrogen-bond acceptors (Lipinski definition) is 5. The van der Waals surface area contributed by atoms with E-state index in [2.05, 4.69) is 39.9 Å². The van der Waals surface area contributed by atoms with Crippen molar-refractivity contribution < 1.29 is 14.3 Å². The number of nitrogens with one attached hydrogen (secondary N) is 2. The smallest absolute Gasteiger partial charge is 0.255 e. The van der Waals surface area contributed by atoms with Gasteiger partial charge in [-0.15, -0.1) is 0 Å². The number of nitrogens with zero attached hydrogens (tertiary/aromatic N) is 3. The number of carbonyl (C=O) groups excluding carboxylic acids is 1. The summed E-state index contributed by atoms with van der Waals surface area (Å²) in [5.41, 5.74) is 2.53. The van der Waals surface area contributed by atoms with Crippen LogP contribution in [0.2, 0.25) is 25.7 Å². The van der Waals surface area contributed by atoms with E-state index in [1.165, 1.54) is 0 Å². The molecule has 2 N–H and O–H groups in total. The lowest BCUT2D eigenvalue weighted by atomic mass is 10.2. The molecule has 0 saturated heterocycles. The second-order valence-corrected chi connectivity index (χ2v) is 14.9. The average molecular weight is 466 g/mol. The maximum Gasteiger partial charge on any atom is 0.255 e. The first-order chi connectivity index (χ1) is 15.8. The van der Waals surface area contributed by atoms with Crippen molar-refractivity contribution in [1.29, 1.82) is 0 Å². The summed E-state index contributed by atoms with van der Waals surface area (Å²) >= 11 is 0. The largest absolute Gasteiger partial charge is 0.437 e. The molecule has 8 nitrogen and oxygen atoms in total. The van der Waals surface area contributed by atoms with Gasteiger partial charge in [-0.05, 0) is 36.1 Å². The topological polar surface area (TPSA) is 94.1 Å². The Balaban J connectivity index is 1.60. The van der Waals surface area contributed by atoms with Crippen LogP contribution < -0.4 is 10.1 Å². The molecule has 0 aliphatic heterocycles. The van der Waals surface area contributed by atoms with Crippen LogP contribution in [0.4, 0.5) is 0 Å². The lowest BCUT2D eigenvalue weighted by Crippen LogP contribution is -2.24. The molecule has 0 unspecified atom stereocenters. The van der Waals surface area contributed by atoms with E-state index in [1.54, 1.807) is 12.4 Å². The molecule has 0 fully saturated rings. The minimum Gasteiger partial charge on any atom is -0.437 e. The van der Waals surface area contributed by atoms with Crippen molar-refractivity contribution in [2.45, 2.75) is 45.8 Å². The minimum atomic E-state index is -1.18. The monoisotopic (exact) mass is 465 g/mol. The number of H-pyrrole nitrogens is 1. The first-order valence-electron chi connectivity index (χ1n) is 11.3. The molecule has 3 aromatic heterocycles. The highest BCUT2D eigenvalue weighted by Gasteiger charge is 2.19. The highest BCUT2D eigenvalue weighted by Crippen LogP contribution is 2.26. The molecule has 0 spiro atoms. The van der Waals surface area contributed by atoms with Crippen LogP contribution in [0, 0.1) is 0 Å². The van der Waals surface area contributed by atoms with Crippen LogP contribution in [0.15, 0.2) is 42.9 Å². The van der Waals surface area contributed by atoms with Crippen molar-refractivity contribution in [3.63, 3.8) is 0 Å². The first kappa shape index (κ1) is 23.0. The molecule has 1 amide bonds. The van der Waals surface area contributed by atoms with E-state index < -0.39 is 8.07 Å². The Bertz CT molecular complexity index is 1260. The fourth-order valence-electron chi connectivity index (χ4n) is 3.44. The second-order valence-electron chi connectivity index (χ2n) is 9.33. The molecule has 0 saturated carbocycles. The Hall–Kier alpha value is -3.17. The summed E-state index contributed by atoms with van der Waals surface area (Å²) in [4.78, 5) is 25.2. The number of aromatic amines is 1. The summed E-state index contributed by atoms with van der Waals surface area (Å²) < 4.78 is 13.7. The van der Waals surface area contributed by atoms with Crippen molar-refractivity contribution in [3.05, 3.63) is 48.4 Å². The van der Waals surface area contributed by atoms with Gasteiger partial charge in [-0.25, -0.2) is 9.97 Å². The van der Waals surface area contributed by atoms with Gasteiger partial charge in [0.15, 0.2) is 5.65 Å². The van der Waals surface area contributed by atoms with Gasteiger partial charge in [0, 0.05) is 45.2 Å². The third-order valence-corrected chi connectivity index (χ3v) is 7.00. The summed E-state index contributed by atoms with van der Waals surface area (Å²) in [6.45, 7) is 10.6. The van der Waals surface area contributed by atoms with Crippen molar-refractivity contribution in [2.75, 3.05) is 13.2 Å². The fraction of sp³-hybridized carbons (Fsp3) is 0.375. The van der Waals surface area contributed by atoms with Crippen molar-refractivity contribution in [1.82, 2.24) is 24.8 Å². The van der Waals surface area contributed by atoms with Crippen LogP contribution >= 0.6 is 0 Å². The fourth-order valence-corrected chi connectivity index (χ4v) is 4.19. The van der Waals surface area contributed by atoms with E-state index >= 15 is 0 Å². The zero-order valence-electron chi connectivity index (χ0n) is 19.6. The molecule has 0 radical (unpaired) electrons. The quantitative estimate of drug-likeness (QED) is 0.249. The molecular formula is C24H31N5O3Si. The van der Waals surface area contributed by atoms with Crippen LogP contribution in [0.5, 0.6) is 11.6 Å². The third-order valence-electron chi connectivity index (χ3n) is 5.30. The van der Waals surface area contributed by atoms with Gasteiger partial charge in [0.25, 0.3) is 5.91 Å². The van der Waals surface area contributed by atoms with Gasteiger partial charge in [0.1, 0.15) is 18.0 Å². The lowest BCUT2D eigenvalue weighted by molar-refractivity contribution is 0.0892. The molecule has 0 aliphatic carbocycles. The molecule has 174 valence electrons. The molecule has 4 aromatic rings. The zero-order valence-corrected chi connectivity index (χ0v) is 20.6. The summed E-state index contributed by atoms with van der Waals surface area (Å²) in [6.07, 6.45) is 6.08. The minimum absolute atomic E-state index is 0.179. The molecule has 1 aromatic carbocycles. The summed E-state index contributed by atoms with van der Waals surface area (Å²) in [5.74, 6) is 0.794. The predicted octanol–water partition coefficient (Wildman–Crippen LogP) is 5.16. The molecule has 0 aliphatic rings. The van der Waals surface area contributed by atoms with E-state index in [4.69, 9.17) is 9.47 Å². The van der Waals surface area contributed by atoms with E-state index in [0.717, 1.165) is 23.4 Å². The third kappa shape index (κ3) is 5.61. The highest BCUT2D eigenvalue weighted by atomic mass is 28.3. The number of hydrogen-bond donors (Lipinski definition) is 2. The molecule has 0 atom stereocenters. The normalized spacial score (nSPS) is 11.9. The van der Waals surface area contributed by atoms with Crippen LogP contribution in [-0.2, 0) is 11.5 Å². The Morgan fingerprint density at radius 3 is 2.88 bits per heavy atom. The zero-order chi connectivity index (χ0) is 23.4. The summed E-state index contributed by atoms with van der Waals surface area (Å²) in [6, 6.07) is 8.85. The second kappa shape index (κ2) is 9.76. The highest BCUT2D eigenvalue weighted by molar-refractivity contribution is 6.76. The Kier molecular flexibility index (Phi) is 6.80. The molecule has 9 heteroatoms. The lowest BCUT2D eigenvalue weighted by Gasteiger charge is -2.15. The Morgan fingerprint density at radius 1 is 1.24 bits per heavy atom. The van der Waals surface area contributed by atoms with Crippen molar-refractivity contribution >= 4 is 36.0 Å². The van der Waals surface area contributed by atoms with Gasteiger partial charge in [-0.2, -0.15) is 0 Å². The number of fused-ring (bicyclic) bond motifs is 2. The first-order valence-corrected chi connectivity index (χ1v) is 15.0. The maximum atomic E-state index is 12.8. The number of carbonyl (C=O) groups is 1. The Labute approximate surface area is 194 Å². The number of ether oxygens (including phenoxy) is 2. The number of aromatic nitrogens is 4. The van der Waals surface area contributed by atoms with E-state index in [-0.39, 0.29) is 5.91 Å². The van der Waals surface area contributed by atoms with Crippen LogP contribution in [-0.4, -0.2) is 46.7 Å². The average Bonchev–Trinajstić information content (AvgIpc) is 3.38. The van der Waals surface area contributed by atoms with Crippen molar-refractivity contribution in [3.8, 4) is 11.6 Å². The molecular weight excluding hydrogens is 434 g/mol. The van der Waals surface area contributed by atoms with Gasteiger partial charge >= 0.3 is 0 Å². The van der Waals surface area contributed by atoms with Crippen LogP contribution in [0.1, 0.15) is 23.7 Å².